The minimum absolute atomic E-state index is 0.103. The van der Waals surface area contributed by atoms with Crippen molar-refractivity contribution in [2.75, 3.05) is 7.11 Å². The van der Waals surface area contributed by atoms with E-state index in [0.717, 1.165) is 26.0 Å². The zero-order valence-electron chi connectivity index (χ0n) is 11.2. The zero-order chi connectivity index (χ0) is 15.8. The molecule has 0 aliphatic heterocycles. The molecule has 0 saturated heterocycles. The molecule has 1 aliphatic carbocycles. The molecule has 1 aromatic rings. The van der Waals surface area contributed by atoms with Gasteiger partial charge in [0.25, 0.3) is 0 Å². The maximum absolute atomic E-state index is 13.1. The smallest absolute Gasteiger partial charge is 0.420 e. The Morgan fingerprint density at radius 2 is 2.10 bits per heavy atom. The number of hydrogen-bond donors (Lipinski definition) is 1. The van der Waals surface area contributed by atoms with E-state index in [0.29, 0.717) is 5.56 Å². The Hall–Kier alpha value is -1.43. The van der Waals surface area contributed by atoms with Crippen molar-refractivity contribution in [3.05, 3.63) is 28.3 Å². The van der Waals surface area contributed by atoms with Crippen molar-refractivity contribution in [1.29, 1.82) is 0 Å². The van der Waals surface area contributed by atoms with Crippen LogP contribution in [0.25, 0.3) is 0 Å². The second-order valence-corrected chi connectivity index (χ2v) is 5.53. The number of rotatable bonds is 5. The number of halogens is 4. The van der Waals surface area contributed by atoms with Crippen molar-refractivity contribution in [2.45, 2.75) is 31.4 Å². The predicted octanol–water partition coefficient (Wildman–Crippen LogP) is 4.34. The molecule has 21 heavy (non-hydrogen) atoms. The maximum Gasteiger partial charge on any atom is 0.420 e. The maximum atomic E-state index is 13.1. The zero-order valence-corrected chi connectivity index (χ0v) is 12.0. The normalized spacial score (nSPS) is 16.6. The number of carboxylic acid groups (broad SMARTS) is 1. The Kier molecular flexibility index (Phi) is 4.37. The fraction of sp³-hybridized carbons (Fsp3) is 0.500. The van der Waals surface area contributed by atoms with Crippen LogP contribution in [-0.4, -0.2) is 18.2 Å². The first-order valence-corrected chi connectivity index (χ1v) is 6.78. The van der Waals surface area contributed by atoms with Crippen molar-refractivity contribution in [3.63, 3.8) is 0 Å². The highest BCUT2D eigenvalue weighted by atomic mass is 35.5. The van der Waals surface area contributed by atoms with Gasteiger partial charge in [0.2, 0.25) is 0 Å². The number of alkyl halides is 3. The molecule has 1 fully saturated rings. The third kappa shape index (κ3) is 3.61. The number of benzene rings is 1. The van der Waals surface area contributed by atoms with Crippen LogP contribution in [0.15, 0.2) is 12.1 Å². The van der Waals surface area contributed by atoms with Crippen LogP contribution in [0.5, 0.6) is 5.75 Å². The molecule has 0 heterocycles. The summed E-state index contributed by atoms with van der Waals surface area (Å²) < 4.78 is 44.0. The minimum atomic E-state index is -4.61. The first kappa shape index (κ1) is 15.9. The van der Waals surface area contributed by atoms with Crippen LogP contribution in [0, 0.1) is 5.92 Å². The van der Waals surface area contributed by atoms with Crippen LogP contribution in [0.2, 0.25) is 5.02 Å². The summed E-state index contributed by atoms with van der Waals surface area (Å²) >= 11 is 5.87. The van der Waals surface area contributed by atoms with Crippen LogP contribution in [0.4, 0.5) is 13.2 Å². The first-order valence-electron chi connectivity index (χ1n) is 6.40. The van der Waals surface area contributed by atoms with Crippen LogP contribution in [0.1, 0.15) is 36.3 Å². The first-order chi connectivity index (χ1) is 9.74. The molecule has 1 atom stereocenters. The van der Waals surface area contributed by atoms with Gasteiger partial charge in [-0.2, -0.15) is 13.2 Å². The van der Waals surface area contributed by atoms with Gasteiger partial charge in [-0.3, -0.25) is 4.79 Å². The largest absolute Gasteiger partial charge is 0.495 e. The third-order valence-electron chi connectivity index (χ3n) is 3.59. The van der Waals surface area contributed by atoms with E-state index in [1.54, 1.807) is 0 Å². The molecule has 1 saturated carbocycles. The average Bonchev–Trinajstić information content (AvgIpc) is 3.17. The van der Waals surface area contributed by atoms with E-state index in [-0.39, 0.29) is 17.4 Å². The summed E-state index contributed by atoms with van der Waals surface area (Å²) in [5.74, 6) is -1.82. The Morgan fingerprint density at radius 1 is 1.48 bits per heavy atom. The van der Waals surface area contributed by atoms with Gasteiger partial charge in [0.05, 0.1) is 24.1 Å². The predicted molar refractivity (Wildman–Crippen MR) is 70.7 cm³/mol. The van der Waals surface area contributed by atoms with E-state index in [1.165, 1.54) is 6.07 Å². The van der Waals surface area contributed by atoms with Crippen molar-refractivity contribution < 1.29 is 27.8 Å². The molecule has 3 nitrogen and oxygen atoms in total. The number of carboxylic acids is 1. The van der Waals surface area contributed by atoms with Gasteiger partial charge in [-0.05, 0) is 42.4 Å². The lowest BCUT2D eigenvalue weighted by Gasteiger charge is -2.19. The molecule has 116 valence electrons. The Balaban J connectivity index is 2.48. The Morgan fingerprint density at radius 3 is 2.52 bits per heavy atom. The minimum Gasteiger partial charge on any atom is -0.495 e. The summed E-state index contributed by atoms with van der Waals surface area (Å²) in [6.07, 6.45) is -3.17. The molecular formula is C14H14ClF3O3. The molecule has 1 N–H and O–H groups in total. The van der Waals surface area contributed by atoms with Gasteiger partial charge in [0, 0.05) is 0 Å². The number of carbonyl (C=O) groups is 1. The van der Waals surface area contributed by atoms with E-state index in [2.05, 4.69) is 0 Å². The van der Waals surface area contributed by atoms with E-state index in [4.69, 9.17) is 21.4 Å². The van der Waals surface area contributed by atoms with Crippen molar-refractivity contribution in [3.8, 4) is 5.75 Å². The lowest BCUT2D eigenvalue weighted by Crippen LogP contribution is -2.13. The SMILES string of the molecule is COc1c(Cl)cc(C(CC(=O)O)C2CC2)cc1C(F)(F)F. The van der Waals surface area contributed by atoms with Gasteiger partial charge in [-0.1, -0.05) is 11.6 Å². The average molecular weight is 323 g/mol. The van der Waals surface area contributed by atoms with Gasteiger partial charge >= 0.3 is 12.1 Å². The Labute approximate surface area is 124 Å². The Bertz CT molecular complexity index is 553. The van der Waals surface area contributed by atoms with Crippen LogP contribution in [-0.2, 0) is 11.0 Å². The van der Waals surface area contributed by atoms with Gasteiger partial charge < -0.3 is 9.84 Å². The van der Waals surface area contributed by atoms with E-state index >= 15 is 0 Å². The highest BCUT2D eigenvalue weighted by molar-refractivity contribution is 6.32. The molecule has 0 amide bonds. The van der Waals surface area contributed by atoms with Crippen molar-refractivity contribution in [1.82, 2.24) is 0 Å². The number of hydrogen-bond acceptors (Lipinski definition) is 2. The number of aliphatic carboxylic acids is 1. The molecule has 7 heteroatoms. The van der Waals surface area contributed by atoms with Gasteiger partial charge in [0.1, 0.15) is 5.75 Å². The second kappa shape index (κ2) is 5.75. The summed E-state index contributed by atoms with van der Waals surface area (Å²) in [7, 11) is 1.12. The second-order valence-electron chi connectivity index (χ2n) is 5.12. The van der Waals surface area contributed by atoms with Gasteiger partial charge in [-0.15, -0.1) is 0 Å². The molecular weight excluding hydrogens is 309 g/mol. The summed E-state index contributed by atoms with van der Waals surface area (Å²) in [5, 5.41) is 8.79. The molecule has 1 aromatic carbocycles. The van der Waals surface area contributed by atoms with Crippen molar-refractivity contribution >= 4 is 17.6 Å². The molecule has 0 bridgehead atoms. The number of ether oxygens (including phenoxy) is 1. The van der Waals surface area contributed by atoms with E-state index in [9.17, 15) is 18.0 Å². The number of methoxy groups -OCH3 is 1. The third-order valence-corrected chi connectivity index (χ3v) is 3.87. The lowest BCUT2D eigenvalue weighted by molar-refractivity contribution is -0.139. The molecule has 2 rings (SSSR count). The van der Waals surface area contributed by atoms with Crippen molar-refractivity contribution in [2.24, 2.45) is 5.92 Å². The molecule has 0 aromatic heterocycles. The highest BCUT2D eigenvalue weighted by Gasteiger charge is 2.39. The molecule has 1 unspecified atom stereocenters. The quantitative estimate of drug-likeness (QED) is 0.877. The van der Waals surface area contributed by atoms with E-state index < -0.39 is 29.4 Å². The van der Waals surface area contributed by atoms with Crippen LogP contribution in [0.3, 0.4) is 0 Å². The molecule has 0 spiro atoms. The summed E-state index contributed by atoms with van der Waals surface area (Å²) in [4.78, 5) is 10.9. The fourth-order valence-electron chi connectivity index (χ4n) is 2.49. The van der Waals surface area contributed by atoms with Crippen LogP contribution >= 0.6 is 11.6 Å². The fourth-order valence-corrected chi connectivity index (χ4v) is 2.79. The summed E-state index contributed by atoms with van der Waals surface area (Å²) in [6.45, 7) is 0. The molecule has 1 aliphatic rings. The van der Waals surface area contributed by atoms with Crippen LogP contribution < -0.4 is 4.74 Å². The standard InChI is InChI=1S/C14H14ClF3O3/c1-21-13-10(14(16,17)18)4-8(5-11(13)15)9(6-12(19)20)7-2-3-7/h4-5,7,9H,2-3,6H2,1H3,(H,19,20). The van der Waals surface area contributed by atoms with E-state index in [1.807, 2.05) is 0 Å². The lowest BCUT2D eigenvalue weighted by atomic mass is 9.89. The van der Waals surface area contributed by atoms with Gasteiger partial charge in [-0.25, -0.2) is 0 Å². The summed E-state index contributed by atoms with van der Waals surface area (Å²) in [5.41, 5.74) is -0.665. The molecule has 0 radical (unpaired) electrons. The highest BCUT2D eigenvalue weighted by Crippen LogP contribution is 2.48. The monoisotopic (exact) mass is 322 g/mol. The summed E-state index contributed by atoms with van der Waals surface area (Å²) in [6, 6.07) is 2.33. The van der Waals surface area contributed by atoms with Gasteiger partial charge in [0.15, 0.2) is 0 Å². The topological polar surface area (TPSA) is 46.5 Å².